The molecule has 1 atom stereocenters. The SMILES string of the molecule is CCCCCCC(C)C(CCCCCC)(CCCCCC)C(N)(N)CCCCCC. The lowest BCUT2D eigenvalue weighted by Crippen LogP contribution is -2.64. The van der Waals surface area contributed by atoms with Crippen molar-refractivity contribution in [3.63, 3.8) is 0 Å². The standard InChI is InChI=1S/C28H60N2/c1-6-10-14-18-22-26(5)27(23-19-15-11-7-2,24-20-16-12-8-3)28(29,30)25-21-17-13-9-4/h26H,6-25,29-30H2,1-5H3. The van der Waals surface area contributed by atoms with Crippen LogP contribution < -0.4 is 11.5 Å². The van der Waals surface area contributed by atoms with Crippen molar-refractivity contribution in [2.24, 2.45) is 22.8 Å². The molecule has 0 aliphatic rings. The van der Waals surface area contributed by atoms with Crippen molar-refractivity contribution in [3.8, 4) is 0 Å². The molecule has 0 spiro atoms. The normalized spacial score (nSPS) is 13.7. The highest BCUT2D eigenvalue weighted by Gasteiger charge is 2.48. The molecule has 0 aliphatic carbocycles. The van der Waals surface area contributed by atoms with Gasteiger partial charge in [0, 0.05) is 5.41 Å². The Hall–Kier alpha value is -0.0800. The maximum Gasteiger partial charge on any atom is 0.0697 e. The summed E-state index contributed by atoms with van der Waals surface area (Å²) in [5.74, 6) is 0.624. The average molecular weight is 425 g/mol. The lowest BCUT2D eigenvalue weighted by Gasteiger charge is -2.51. The van der Waals surface area contributed by atoms with E-state index in [1.54, 1.807) is 0 Å². The van der Waals surface area contributed by atoms with E-state index in [1.165, 1.54) is 122 Å². The maximum absolute atomic E-state index is 7.12. The van der Waals surface area contributed by atoms with Gasteiger partial charge in [-0.15, -0.1) is 0 Å². The van der Waals surface area contributed by atoms with Gasteiger partial charge in [0.15, 0.2) is 0 Å². The van der Waals surface area contributed by atoms with Gasteiger partial charge in [-0.05, 0) is 25.2 Å². The van der Waals surface area contributed by atoms with Crippen molar-refractivity contribution in [2.75, 3.05) is 0 Å². The van der Waals surface area contributed by atoms with Gasteiger partial charge >= 0.3 is 0 Å². The molecule has 2 heteroatoms. The summed E-state index contributed by atoms with van der Waals surface area (Å²) in [5, 5.41) is 0. The average Bonchev–Trinajstić information content (AvgIpc) is 2.73. The minimum atomic E-state index is -0.524. The number of nitrogens with two attached hydrogens (primary N) is 2. The van der Waals surface area contributed by atoms with Crippen LogP contribution in [0.15, 0.2) is 0 Å². The lowest BCUT2D eigenvalue weighted by atomic mass is 9.59. The third-order valence-corrected chi connectivity index (χ3v) is 7.76. The first kappa shape index (κ1) is 29.9. The van der Waals surface area contributed by atoms with E-state index >= 15 is 0 Å². The van der Waals surface area contributed by atoms with Crippen LogP contribution in [-0.4, -0.2) is 5.66 Å². The summed E-state index contributed by atoms with van der Waals surface area (Å²) in [7, 11) is 0. The zero-order valence-electron chi connectivity index (χ0n) is 21.9. The number of hydrogen-bond donors (Lipinski definition) is 2. The fourth-order valence-corrected chi connectivity index (χ4v) is 5.52. The molecule has 182 valence electrons. The van der Waals surface area contributed by atoms with Gasteiger partial charge in [0.05, 0.1) is 5.66 Å². The Labute approximate surface area is 191 Å². The van der Waals surface area contributed by atoms with E-state index in [-0.39, 0.29) is 5.41 Å². The predicted octanol–water partition coefficient (Wildman–Crippen LogP) is 9.10. The topological polar surface area (TPSA) is 52.0 Å². The summed E-state index contributed by atoms with van der Waals surface area (Å²) < 4.78 is 0. The van der Waals surface area contributed by atoms with Gasteiger partial charge in [0.2, 0.25) is 0 Å². The quantitative estimate of drug-likeness (QED) is 0.134. The van der Waals surface area contributed by atoms with Gasteiger partial charge in [0.1, 0.15) is 0 Å². The van der Waals surface area contributed by atoms with Gasteiger partial charge in [0.25, 0.3) is 0 Å². The van der Waals surface area contributed by atoms with Crippen LogP contribution in [0.4, 0.5) is 0 Å². The van der Waals surface area contributed by atoms with E-state index in [0.717, 1.165) is 6.42 Å². The van der Waals surface area contributed by atoms with Crippen LogP contribution in [0.5, 0.6) is 0 Å². The first-order valence-corrected chi connectivity index (χ1v) is 14.0. The fraction of sp³-hybridized carbons (Fsp3) is 1.00. The van der Waals surface area contributed by atoms with Gasteiger partial charge < -0.3 is 11.5 Å². The number of rotatable bonds is 22. The first-order valence-electron chi connectivity index (χ1n) is 14.0. The summed E-state index contributed by atoms with van der Waals surface area (Å²) in [6.07, 6.45) is 25.7. The van der Waals surface area contributed by atoms with Gasteiger partial charge in [-0.1, -0.05) is 144 Å². The zero-order valence-corrected chi connectivity index (χ0v) is 21.9. The summed E-state index contributed by atoms with van der Waals surface area (Å²) in [6, 6.07) is 0. The molecule has 0 amide bonds. The Morgan fingerprint density at radius 2 is 0.867 bits per heavy atom. The fourth-order valence-electron chi connectivity index (χ4n) is 5.52. The highest BCUT2D eigenvalue weighted by atomic mass is 15.0. The van der Waals surface area contributed by atoms with Crippen LogP contribution >= 0.6 is 0 Å². The summed E-state index contributed by atoms with van der Waals surface area (Å²) in [4.78, 5) is 0. The monoisotopic (exact) mass is 424 g/mol. The minimum Gasteiger partial charge on any atom is -0.313 e. The molecule has 0 aromatic carbocycles. The second kappa shape index (κ2) is 18.5. The van der Waals surface area contributed by atoms with Crippen molar-refractivity contribution in [1.29, 1.82) is 0 Å². The summed E-state index contributed by atoms with van der Waals surface area (Å²) in [6.45, 7) is 11.7. The van der Waals surface area contributed by atoms with Crippen molar-refractivity contribution in [1.82, 2.24) is 0 Å². The minimum absolute atomic E-state index is 0.104. The highest BCUT2D eigenvalue weighted by Crippen LogP contribution is 2.48. The zero-order chi connectivity index (χ0) is 22.7. The molecule has 0 bridgehead atoms. The molecule has 0 heterocycles. The highest BCUT2D eigenvalue weighted by molar-refractivity contribution is 5.01. The predicted molar refractivity (Wildman–Crippen MR) is 138 cm³/mol. The van der Waals surface area contributed by atoms with Crippen LogP contribution in [0.25, 0.3) is 0 Å². The van der Waals surface area contributed by atoms with Gasteiger partial charge in [-0.25, -0.2) is 0 Å². The molecule has 0 aromatic heterocycles. The molecule has 1 unspecified atom stereocenters. The molecule has 0 saturated carbocycles. The van der Waals surface area contributed by atoms with Crippen LogP contribution in [0.3, 0.4) is 0 Å². The van der Waals surface area contributed by atoms with E-state index in [0.29, 0.717) is 5.92 Å². The molecule has 0 radical (unpaired) electrons. The van der Waals surface area contributed by atoms with Crippen LogP contribution in [0.1, 0.15) is 163 Å². The Morgan fingerprint density at radius 3 is 1.27 bits per heavy atom. The largest absolute Gasteiger partial charge is 0.313 e. The third-order valence-electron chi connectivity index (χ3n) is 7.76. The Balaban J connectivity index is 5.44. The third kappa shape index (κ3) is 11.5. The van der Waals surface area contributed by atoms with E-state index in [1.807, 2.05) is 0 Å². The molecule has 0 aromatic rings. The van der Waals surface area contributed by atoms with Crippen molar-refractivity contribution >= 4 is 0 Å². The molecule has 0 aliphatic heterocycles. The molecule has 0 rings (SSSR count). The molecule has 2 nitrogen and oxygen atoms in total. The Kier molecular flexibility index (Phi) is 18.4. The maximum atomic E-state index is 7.12. The molecular formula is C28H60N2. The number of unbranched alkanes of at least 4 members (excludes halogenated alkanes) is 12. The van der Waals surface area contributed by atoms with Crippen LogP contribution in [-0.2, 0) is 0 Å². The molecule has 4 N–H and O–H groups in total. The smallest absolute Gasteiger partial charge is 0.0697 e. The second-order valence-corrected chi connectivity index (χ2v) is 10.4. The van der Waals surface area contributed by atoms with Crippen LogP contribution in [0, 0.1) is 11.3 Å². The summed E-state index contributed by atoms with van der Waals surface area (Å²) in [5.41, 5.74) is 13.8. The van der Waals surface area contributed by atoms with Gasteiger partial charge in [-0.3, -0.25) is 0 Å². The number of hydrogen-bond acceptors (Lipinski definition) is 2. The van der Waals surface area contributed by atoms with Crippen LogP contribution in [0.2, 0.25) is 0 Å². The van der Waals surface area contributed by atoms with E-state index < -0.39 is 5.66 Å². The van der Waals surface area contributed by atoms with Crippen molar-refractivity contribution in [2.45, 2.75) is 169 Å². The Morgan fingerprint density at radius 1 is 0.500 bits per heavy atom. The second-order valence-electron chi connectivity index (χ2n) is 10.4. The van der Waals surface area contributed by atoms with E-state index in [2.05, 4.69) is 34.6 Å². The van der Waals surface area contributed by atoms with E-state index in [4.69, 9.17) is 11.5 Å². The molecule has 0 saturated heterocycles. The van der Waals surface area contributed by atoms with Crippen molar-refractivity contribution in [3.05, 3.63) is 0 Å². The first-order chi connectivity index (χ1) is 14.4. The summed E-state index contributed by atoms with van der Waals surface area (Å²) >= 11 is 0. The Bertz CT molecular complexity index is 352. The van der Waals surface area contributed by atoms with Crippen molar-refractivity contribution < 1.29 is 0 Å². The molecule has 30 heavy (non-hydrogen) atoms. The lowest BCUT2D eigenvalue weighted by molar-refractivity contribution is 0.0142. The molecule has 0 fully saturated rings. The van der Waals surface area contributed by atoms with Gasteiger partial charge in [-0.2, -0.15) is 0 Å². The molecular weight excluding hydrogens is 364 g/mol. The van der Waals surface area contributed by atoms with E-state index in [9.17, 15) is 0 Å².